The van der Waals surface area contributed by atoms with Crippen molar-refractivity contribution in [3.8, 4) is 0 Å². The molecule has 1 N–H and O–H groups in total. The maximum atomic E-state index is 11.2. The molecule has 1 fully saturated rings. The monoisotopic (exact) mass is 234 g/mol. The second-order valence-electron chi connectivity index (χ2n) is 4.44. The van der Waals surface area contributed by atoms with Crippen LogP contribution in [0.3, 0.4) is 0 Å². The van der Waals surface area contributed by atoms with E-state index in [1.807, 2.05) is 25.3 Å². The predicted molar refractivity (Wildman–Crippen MR) is 64.6 cm³/mol. The number of carbonyl (C=O) groups is 1. The molecule has 0 unspecified atom stereocenters. The molecule has 0 bridgehead atoms. The fourth-order valence-electron chi connectivity index (χ4n) is 2.64. The van der Waals surface area contributed by atoms with Crippen LogP contribution in [-0.2, 0) is 4.79 Å². The number of nitrogens with zero attached hydrogens (tertiary/aromatic N) is 2. The number of pyridine rings is 1. The van der Waals surface area contributed by atoms with Crippen LogP contribution < -0.4 is 0 Å². The Morgan fingerprint density at radius 1 is 1.71 bits per heavy atom. The highest BCUT2D eigenvalue weighted by molar-refractivity contribution is 5.73. The molecule has 0 amide bonds. The van der Waals surface area contributed by atoms with Gasteiger partial charge in [-0.25, -0.2) is 0 Å². The highest BCUT2D eigenvalue weighted by Crippen LogP contribution is 2.33. The first-order valence-electron chi connectivity index (χ1n) is 6.12. The number of carboxylic acid groups (broad SMARTS) is 1. The summed E-state index contributed by atoms with van der Waals surface area (Å²) in [6.45, 7) is 2.79. The number of likely N-dealkylation sites (tertiary alicyclic amines) is 1. The average molecular weight is 234 g/mol. The average Bonchev–Trinajstić information content (AvgIpc) is 2.80. The highest BCUT2D eigenvalue weighted by atomic mass is 16.4. The molecule has 0 radical (unpaired) electrons. The fourth-order valence-corrected chi connectivity index (χ4v) is 2.64. The van der Waals surface area contributed by atoms with Gasteiger partial charge in [0.25, 0.3) is 0 Å². The standard InChI is InChI=1S/C13H18N2O2/c1-2-11(13(16)17)15-8-4-6-12(15)10-5-3-7-14-9-10/h3,5,7,9,11-12H,2,4,6,8H2,1H3,(H,16,17)/t11-,12-/m1/s1. The summed E-state index contributed by atoms with van der Waals surface area (Å²) < 4.78 is 0. The maximum absolute atomic E-state index is 11.2. The van der Waals surface area contributed by atoms with Crippen molar-refractivity contribution in [3.05, 3.63) is 30.1 Å². The molecule has 1 aromatic heterocycles. The van der Waals surface area contributed by atoms with Crippen molar-refractivity contribution in [1.82, 2.24) is 9.88 Å². The van der Waals surface area contributed by atoms with E-state index in [4.69, 9.17) is 0 Å². The van der Waals surface area contributed by atoms with Crippen molar-refractivity contribution in [2.45, 2.75) is 38.3 Å². The Hall–Kier alpha value is -1.42. The summed E-state index contributed by atoms with van der Waals surface area (Å²) >= 11 is 0. The number of aromatic nitrogens is 1. The van der Waals surface area contributed by atoms with Gasteiger partial charge in [-0.3, -0.25) is 14.7 Å². The van der Waals surface area contributed by atoms with Crippen LogP contribution in [0.2, 0.25) is 0 Å². The van der Waals surface area contributed by atoms with Gasteiger partial charge in [0.2, 0.25) is 0 Å². The van der Waals surface area contributed by atoms with Crippen molar-refractivity contribution in [3.63, 3.8) is 0 Å². The third-order valence-corrected chi connectivity index (χ3v) is 3.44. The predicted octanol–water partition coefficient (Wildman–Crippen LogP) is 2.08. The lowest BCUT2D eigenvalue weighted by molar-refractivity contribution is -0.143. The number of hydrogen-bond donors (Lipinski definition) is 1. The zero-order valence-electron chi connectivity index (χ0n) is 10.0. The van der Waals surface area contributed by atoms with Gasteiger partial charge < -0.3 is 5.11 Å². The van der Waals surface area contributed by atoms with Crippen molar-refractivity contribution in [1.29, 1.82) is 0 Å². The van der Waals surface area contributed by atoms with Gasteiger partial charge in [0.15, 0.2) is 0 Å². The van der Waals surface area contributed by atoms with Gasteiger partial charge in [0.1, 0.15) is 6.04 Å². The summed E-state index contributed by atoms with van der Waals surface area (Å²) in [5.74, 6) is -0.719. The van der Waals surface area contributed by atoms with Crippen LogP contribution in [0, 0.1) is 0 Å². The molecular formula is C13H18N2O2. The summed E-state index contributed by atoms with van der Waals surface area (Å²) in [6, 6.07) is 3.78. The van der Waals surface area contributed by atoms with Crippen LogP contribution in [0.25, 0.3) is 0 Å². The molecule has 1 saturated heterocycles. The molecule has 0 aliphatic carbocycles. The van der Waals surface area contributed by atoms with Gasteiger partial charge in [0, 0.05) is 18.4 Å². The van der Waals surface area contributed by atoms with Crippen molar-refractivity contribution in [2.75, 3.05) is 6.54 Å². The molecule has 1 aliphatic heterocycles. The molecule has 0 spiro atoms. The molecule has 2 atom stereocenters. The van der Waals surface area contributed by atoms with E-state index in [1.54, 1.807) is 6.20 Å². The van der Waals surface area contributed by atoms with Crippen LogP contribution in [0.5, 0.6) is 0 Å². The van der Waals surface area contributed by atoms with E-state index in [0.29, 0.717) is 6.42 Å². The van der Waals surface area contributed by atoms with E-state index in [2.05, 4.69) is 9.88 Å². The summed E-state index contributed by atoms with van der Waals surface area (Å²) in [7, 11) is 0. The smallest absolute Gasteiger partial charge is 0.320 e. The van der Waals surface area contributed by atoms with E-state index < -0.39 is 5.97 Å². The molecule has 2 heterocycles. The first kappa shape index (κ1) is 12.0. The lowest BCUT2D eigenvalue weighted by Crippen LogP contribution is -2.40. The van der Waals surface area contributed by atoms with Crippen LogP contribution in [0.1, 0.15) is 37.8 Å². The SMILES string of the molecule is CC[C@H](C(=O)O)N1CCC[C@@H]1c1cccnc1. The second kappa shape index (κ2) is 5.27. The van der Waals surface area contributed by atoms with Gasteiger partial charge in [-0.05, 0) is 37.4 Å². The Morgan fingerprint density at radius 2 is 2.53 bits per heavy atom. The maximum Gasteiger partial charge on any atom is 0.320 e. The Balaban J connectivity index is 2.20. The number of hydrogen-bond acceptors (Lipinski definition) is 3. The van der Waals surface area contributed by atoms with Gasteiger partial charge >= 0.3 is 5.97 Å². The van der Waals surface area contributed by atoms with Gasteiger partial charge in [-0.2, -0.15) is 0 Å². The van der Waals surface area contributed by atoms with E-state index in [9.17, 15) is 9.90 Å². The summed E-state index contributed by atoms with van der Waals surface area (Å²) in [5, 5.41) is 9.24. The molecule has 92 valence electrons. The summed E-state index contributed by atoms with van der Waals surface area (Å²) in [6.07, 6.45) is 6.32. The largest absolute Gasteiger partial charge is 0.480 e. The van der Waals surface area contributed by atoms with E-state index in [0.717, 1.165) is 24.9 Å². The zero-order chi connectivity index (χ0) is 12.3. The molecule has 2 rings (SSSR count). The normalized spacial score (nSPS) is 22.5. The van der Waals surface area contributed by atoms with Crippen molar-refractivity contribution < 1.29 is 9.90 Å². The van der Waals surface area contributed by atoms with Crippen LogP contribution in [0.15, 0.2) is 24.5 Å². The summed E-state index contributed by atoms with van der Waals surface area (Å²) in [4.78, 5) is 17.5. The van der Waals surface area contributed by atoms with Crippen LogP contribution in [0.4, 0.5) is 0 Å². The highest BCUT2D eigenvalue weighted by Gasteiger charge is 2.34. The zero-order valence-corrected chi connectivity index (χ0v) is 10.0. The molecule has 1 aromatic rings. The number of rotatable bonds is 4. The third kappa shape index (κ3) is 2.47. The van der Waals surface area contributed by atoms with Gasteiger partial charge in [-0.15, -0.1) is 0 Å². The lowest BCUT2D eigenvalue weighted by atomic mass is 10.0. The summed E-state index contributed by atoms with van der Waals surface area (Å²) in [5.41, 5.74) is 1.13. The van der Waals surface area contributed by atoms with Gasteiger partial charge in [-0.1, -0.05) is 13.0 Å². The molecular weight excluding hydrogens is 216 g/mol. The Bertz CT molecular complexity index is 380. The quantitative estimate of drug-likeness (QED) is 0.866. The number of aliphatic carboxylic acids is 1. The van der Waals surface area contributed by atoms with E-state index >= 15 is 0 Å². The molecule has 1 aliphatic rings. The molecule has 4 heteroatoms. The van der Waals surface area contributed by atoms with Crippen molar-refractivity contribution in [2.24, 2.45) is 0 Å². The molecule has 0 aromatic carbocycles. The first-order valence-corrected chi connectivity index (χ1v) is 6.12. The first-order chi connectivity index (χ1) is 8.24. The topological polar surface area (TPSA) is 53.4 Å². The van der Waals surface area contributed by atoms with E-state index in [1.165, 1.54) is 0 Å². The van der Waals surface area contributed by atoms with Gasteiger partial charge in [0.05, 0.1) is 0 Å². The molecule has 17 heavy (non-hydrogen) atoms. The minimum Gasteiger partial charge on any atom is -0.480 e. The number of carboxylic acids is 1. The Morgan fingerprint density at radius 3 is 3.12 bits per heavy atom. The minimum absolute atomic E-state index is 0.213. The molecule has 4 nitrogen and oxygen atoms in total. The minimum atomic E-state index is -0.719. The van der Waals surface area contributed by atoms with Crippen molar-refractivity contribution >= 4 is 5.97 Å². The Kier molecular flexibility index (Phi) is 3.74. The second-order valence-corrected chi connectivity index (χ2v) is 4.44. The lowest BCUT2D eigenvalue weighted by Gasteiger charge is -2.29. The fraction of sp³-hybridized carbons (Fsp3) is 0.538. The third-order valence-electron chi connectivity index (χ3n) is 3.44. The van der Waals surface area contributed by atoms with Crippen LogP contribution in [-0.4, -0.2) is 33.5 Å². The Labute approximate surface area is 101 Å². The van der Waals surface area contributed by atoms with E-state index in [-0.39, 0.29) is 12.1 Å². The molecule has 0 saturated carbocycles. The van der Waals surface area contributed by atoms with Crippen LogP contribution >= 0.6 is 0 Å².